The van der Waals surface area contributed by atoms with Crippen molar-refractivity contribution in [3.05, 3.63) is 0 Å². The first-order valence-electron chi connectivity index (χ1n) is 3.07. The van der Waals surface area contributed by atoms with Crippen LogP contribution in [0.25, 0.3) is 0 Å². The highest BCUT2D eigenvalue weighted by Crippen LogP contribution is 1.76. The largest absolute Gasteiger partial charge is 0.396 e. The van der Waals surface area contributed by atoms with Crippen molar-refractivity contribution >= 4 is 11.6 Å². The molecule has 0 aliphatic carbocycles. The number of rotatable bonds is 3. The van der Waals surface area contributed by atoms with E-state index in [9.17, 15) is 4.79 Å². The Morgan fingerprint density at radius 3 is 2.60 bits per heavy atom. The lowest BCUT2D eigenvalue weighted by molar-refractivity contribution is -0.121. The highest BCUT2D eigenvalue weighted by molar-refractivity contribution is 5.82. The number of carbonyl (C=O) groups excluding carboxylic acids is 1. The molecule has 0 bridgehead atoms. The van der Waals surface area contributed by atoms with Crippen LogP contribution >= 0.6 is 0 Å². The minimum absolute atomic E-state index is 0.108. The van der Waals surface area contributed by atoms with E-state index in [1.54, 1.807) is 13.8 Å². The van der Waals surface area contributed by atoms with Crippen molar-refractivity contribution in [2.75, 3.05) is 6.61 Å². The number of nitrogens with zero attached hydrogens (tertiary/aromatic N) is 1. The summed E-state index contributed by atoms with van der Waals surface area (Å²) >= 11 is 0. The minimum Gasteiger partial charge on any atom is -0.396 e. The van der Waals surface area contributed by atoms with E-state index in [0.29, 0.717) is 0 Å². The van der Waals surface area contributed by atoms with E-state index in [1.165, 1.54) is 0 Å². The van der Waals surface area contributed by atoms with Crippen LogP contribution in [0.5, 0.6) is 0 Å². The van der Waals surface area contributed by atoms with Gasteiger partial charge in [-0.25, -0.2) is 5.43 Å². The maximum atomic E-state index is 10.6. The van der Waals surface area contributed by atoms with Crippen LogP contribution in [0.15, 0.2) is 5.10 Å². The van der Waals surface area contributed by atoms with E-state index in [2.05, 4.69) is 10.5 Å². The van der Waals surface area contributed by atoms with Gasteiger partial charge in [0, 0.05) is 5.71 Å². The molecule has 2 N–H and O–H groups in total. The normalized spacial score (nSPS) is 8.70. The molecule has 0 aromatic heterocycles. The number of carbonyl (C=O) groups is 1. The summed E-state index contributed by atoms with van der Waals surface area (Å²) in [6.45, 7) is 3.42. The molecule has 0 aliphatic heterocycles. The quantitative estimate of drug-likeness (QED) is 0.428. The Labute approximate surface area is 59.9 Å². The Bertz CT molecular complexity index is 139. The fourth-order valence-corrected chi connectivity index (χ4v) is 0.332. The summed E-state index contributed by atoms with van der Waals surface area (Å²) in [4.78, 5) is 10.6. The zero-order chi connectivity index (χ0) is 7.98. The summed E-state index contributed by atoms with van der Waals surface area (Å²) in [6.07, 6.45) is 0.108. The molecule has 0 rings (SSSR count). The summed E-state index contributed by atoms with van der Waals surface area (Å²) < 4.78 is 0. The number of amides is 1. The summed E-state index contributed by atoms with van der Waals surface area (Å²) in [5, 5.41) is 11.9. The molecule has 0 spiro atoms. The standard InChI is InChI=1S/C6H12N2O2/c1-5(2)7-8-6(10)3-4-9/h9H,3-4H2,1-2H3,(H,8,10). The van der Waals surface area contributed by atoms with Crippen molar-refractivity contribution in [2.24, 2.45) is 5.10 Å². The number of hydrazone groups is 1. The average molecular weight is 144 g/mol. The van der Waals surface area contributed by atoms with Gasteiger partial charge in [-0.2, -0.15) is 5.10 Å². The first kappa shape index (κ1) is 9.10. The van der Waals surface area contributed by atoms with Crippen LogP contribution in [-0.2, 0) is 4.79 Å². The van der Waals surface area contributed by atoms with Crippen molar-refractivity contribution in [3.63, 3.8) is 0 Å². The molecule has 0 heterocycles. The molecule has 10 heavy (non-hydrogen) atoms. The Kier molecular flexibility index (Phi) is 4.49. The molecule has 0 saturated carbocycles. The molecule has 58 valence electrons. The van der Waals surface area contributed by atoms with E-state index in [4.69, 9.17) is 5.11 Å². The number of nitrogens with one attached hydrogen (secondary N) is 1. The van der Waals surface area contributed by atoms with Gasteiger partial charge in [0.15, 0.2) is 0 Å². The van der Waals surface area contributed by atoms with Crippen LogP contribution in [0.4, 0.5) is 0 Å². The van der Waals surface area contributed by atoms with Gasteiger partial charge in [-0.05, 0) is 13.8 Å². The maximum absolute atomic E-state index is 10.6. The lowest BCUT2D eigenvalue weighted by Crippen LogP contribution is -2.19. The van der Waals surface area contributed by atoms with Gasteiger partial charge in [0.1, 0.15) is 0 Å². The van der Waals surface area contributed by atoms with Crippen molar-refractivity contribution in [3.8, 4) is 0 Å². The predicted molar refractivity (Wildman–Crippen MR) is 38.6 cm³/mol. The molecule has 1 amide bonds. The molecule has 0 saturated heterocycles. The van der Waals surface area contributed by atoms with Crippen molar-refractivity contribution in [1.82, 2.24) is 5.43 Å². The Morgan fingerprint density at radius 2 is 2.20 bits per heavy atom. The lowest BCUT2D eigenvalue weighted by atomic mass is 10.4. The van der Waals surface area contributed by atoms with Crippen LogP contribution < -0.4 is 5.43 Å². The molecule has 0 aromatic carbocycles. The average Bonchev–Trinajstić information content (AvgIpc) is 1.85. The van der Waals surface area contributed by atoms with Crippen molar-refractivity contribution in [2.45, 2.75) is 20.3 Å². The Balaban J connectivity index is 3.49. The van der Waals surface area contributed by atoms with E-state index in [0.717, 1.165) is 5.71 Å². The minimum atomic E-state index is -0.260. The van der Waals surface area contributed by atoms with Gasteiger partial charge >= 0.3 is 0 Å². The molecule has 4 heteroatoms. The van der Waals surface area contributed by atoms with Gasteiger partial charge in [-0.15, -0.1) is 0 Å². The smallest absolute Gasteiger partial charge is 0.242 e. The van der Waals surface area contributed by atoms with Crippen LogP contribution in [0.3, 0.4) is 0 Å². The highest BCUT2D eigenvalue weighted by Gasteiger charge is 1.95. The summed E-state index contributed by atoms with van der Waals surface area (Å²) in [7, 11) is 0. The highest BCUT2D eigenvalue weighted by atomic mass is 16.3. The first-order valence-corrected chi connectivity index (χ1v) is 3.07. The second kappa shape index (κ2) is 4.93. The van der Waals surface area contributed by atoms with Gasteiger partial charge < -0.3 is 5.11 Å². The van der Waals surface area contributed by atoms with Gasteiger partial charge in [0.2, 0.25) is 5.91 Å². The molecule has 0 aliphatic rings. The first-order chi connectivity index (χ1) is 4.66. The number of hydrogen-bond donors (Lipinski definition) is 2. The number of aliphatic hydroxyl groups excluding tert-OH is 1. The van der Waals surface area contributed by atoms with Crippen molar-refractivity contribution < 1.29 is 9.90 Å². The second-order valence-corrected chi connectivity index (χ2v) is 2.07. The third-order valence-electron chi connectivity index (χ3n) is 0.743. The third-order valence-corrected chi connectivity index (χ3v) is 0.743. The van der Waals surface area contributed by atoms with Gasteiger partial charge in [0.25, 0.3) is 0 Å². The number of hydrogen-bond acceptors (Lipinski definition) is 3. The van der Waals surface area contributed by atoms with Gasteiger partial charge in [0.05, 0.1) is 13.0 Å². The van der Waals surface area contributed by atoms with E-state index < -0.39 is 0 Å². The van der Waals surface area contributed by atoms with Crippen LogP contribution in [0, 0.1) is 0 Å². The molecule has 0 unspecified atom stereocenters. The maximum Gasteiger partial charge on any atom is 0.242 e. The van der Waals surface area contributed by atoms with Gasteiger partial charge in [-0.3, -0.25) is 4.79 Å². The zero-order valence-electron chi connectivity index (χ0n) is 6.22. The topological polar surface area (TPSA) is 61.7 Å². The van der Waals surface area contributed by atoms with E-state index in [1.807, 2.05) is 0 Å². The van der Waals surface area contributed by atoms with Crippen molar-refractivity contribution in [1.29, 1.82) is 0 Å². The fourth-order valence-electron chi connectivity index (χ4n) is 0.332. The van der Waals surface area contributed by atoms with Gasteiger partial charge in [-0.1, -0.05) is 0 Å². The molecule has 0 radical (unpaired) electrons. The molecular weight excluding hydrogens is 132 g/mol. The molecule has 0 aromatic rings. The van der Waals surface area contributed by atoms with Crippen LogP contribution in [0.2, 0.25) is 0 Å². The summed E-state index contributed by atoms with van der Waals surface area (Å²) in [6, 6.07) is 0. The Hall–Kier alpha value is -0.900. The van der Waals surface area contributed by atoms with E-state index >= 15 is 0 Å². The molecule has 4 nitrogen and oxygen atoms in total. The predicted octanol–water partition coefficient (Wildman–Crippen LogP) is -0.119. The molecule has 0 fully saturated rings. The molecule has 0 atom stereocenters. The molecular formula is C6H12N2O2. The number of aliphatic hydroxyl groups is 1. The van der Waals surface area contributed by atoms with Crippen LogP contribution in [-0.4, -0.2) is 23.3 Å². The lowest BCUT2D eigenvalue weighted by Gasteiger charge is -1.95. The van der Waals surface area contributed by atoms with E-state index in [-0.39, 0.29) is 18.9 Å². The monoisotopic (exact) mass is 144 g/mol. The zero-order valence-corrected chi connectivity index (χ0v) is 6.22. The summed E-state index contributed by atoms with van der Waals surface area (Å²) in [5.74, 6) is -0.260. The Morgan fingerprint density at radius 1 is 1.60 bits per heavy atom. The second-order valence-electron chi connectivity index (χ2n) is 2.07. The fraction of sp³-hybridized carbons (Fsp3) is 0.667. The summed E-state index contributed by atoms with van der Waals surface area (Å²) in [5.41, 5.74) is 3.06. The third kappa shape index (κ3) is 5.24. The van der Waals surface area contributed by atoms with Crippen LogP contribution in [0.1, 0.15) is 20.3 Å². The SMILES string of the molecule is CC(C)=NNC(=O)CCO.